The molecule has 0 unspecified atom stereocenters. The van der Waals surface area contributed by atoms with Gasteiger partial charge in [-0.25, -0.2) is 0 Å². The van der Waals surface area contributed by atoms with E-state index in [4.69, 9.17) is 5.11 Å². The molecule has 0 radical (unpaired) electrons. The minimum Gasteiger partial charge on any atom is -0.396 e. The Morgan fingerprint density at radius 1 is 1.10 bits per heavy atom. The van der Waals surface area contributed by atoms with E-state index in [1.165, 1.54) is 0 Å². The van der Waals surface area contributed by atoms with Crippen molar-refractivity contribution >= 4 is 5.91 Å². The zero-order chi connectivity index (χ0) is 14.2. The maximum Gasteiger partial charge on any atom is 0.251 e. The Morgan fingerprint density at radius 3 is 2.70 bits per heavy atom. The number of carbonyl (C=O) groups is 1. The van der Waals surface area contributed by atoms with Crippen LogP contribution in [-0.4, -0.2) is 34.1 Å². The molecule has 1 amide bonds. The van der Waals surface area contributed by atoms with Gasteiger partial charge >= 0.3 is 0 Å². The van der Waals surface area contributed by atoms with Gasteiger partial charge in [0.15, 0.2) is 0 Å². The lowest BCUT2D eigenvalue weighted by Crippen LogP contribution is -2.24. The average Bonchev–Trinajstić information content (AvgIpc) is 2.52. The smallest absolute Gasteiger partial charge is 0.251 e. The quantitative estimate of drug-likeness (QED) is 0.783. The van der Waals surface area contributed by atoms with E-state index in [0.717, 1.165) is 12.1 Å². The van der Waals surface area contributed by atoms with Crippen molar-refractivity contribution in [3.05, 3.63) is 48.3 Å². The predicted molar refractivity (Wildman–Crippen MR) is 76.1 cm³/mol. The lowest BCUT2D eigenvalue weighted by molar-refractivity contribution is 0.0952. The van der Waals surface area contributed by atoms with Crippen LogP contribution in [-0.2, 0) is 0 Å². The first-order valence-electron chi connectivity index (χ1n) is 6.58. The average molecular weight is 271 g/mol. The molecule has 0 aromatic carbocycles. The Balaban J connectivity index is 2.04. The number of aliphatic hydroxyl groups is 1. The third-order valence-electron chi connectivity index (χ3n) is 2.82. The van der Waals surface area contributed by atoms with Crippen molar-refractivity contribution in [1.82, 2.24) is 15.3 Å². The molecule has 2 heterocycles. The number of unbranched alkanes of at least 4 members (excludes halogenated alkanes) is 1. The summed E-state index contributed by atoms with van der Waals surface area (Å²) >= 11 is 0. The van der Waals surface area contributed by atoms with Crippen molar-refractivity contribution in [3.63, 3.8) is 0 Å². The maximum atomic E-state index is 12.0. The van der Waals surface area contributed by atoms with Gasteiger partial charge < -0.3 is 10.4 Å². The third-order valence-corrected chi connectivity index (χ3v) is 2.82. The number of aromatic nitrogens is 2. The van der Waals surface area contributed by atoms with E-state index in [-0.39, 0.29) is 12.5 Å². The molecule has 104 valence electrons. The molecule has 0 aliphatic carbocycles. The second-order valence-corrected chi connectivity index (χ2v) is 4.33. The van der Waals surface area contributed by atoms with Gasteiger partial charge in [0, 0.05) is 31.1 Å². The van der Waals surface area contributed by atoms with Crippen LogP contribution in [0.15, 0.2) is 42.7 Å². The van der Waals surface area contributed by atoms with Crippen LogP contribution in [0, 0.1) is 0 Å². The molecule has 0 aliphatic heterocycles. The van der Waals surface area contributed by atoms with E-state index in [2.05, 4.69) is 15.3 Å². The molecule has 0 atom stereocenters. The second-order valence-electron chi connectivity index (χ2n) is 4.33. The number of pyridine rings is 2. The van der Waals surface area contributed by atoms with Crippen LogP contribution >= 0.6 is 0 Å². The highest BCUT2D eigenvalue weighted by molar-refractivity contribution is 5.94. The van der Waals surface area contributed by atoms with E-state index >= 15 is 0 Å². The Kier molecular flexibility index (Phi) is 5.20. The van der Waals surface area contributed by atoms with Crippen molar-refractivity contribution in [2.24, 2.45) is 0 Å². The number of rotatable bonds is 6. The van der Waals surface area contributed by atoms with Crippen molar-refractivity contribution < 1.29 is 9.90 Å². The molecule has 0 saturated heterocycles. The van der Waals surface area contributed by atoms with Gasteiger partial charge in [0.1, 0.15) is 0 Å². The molecule has 0 bridgehead atoms. The molecule has 20 heavy (non-hydrogen) atoms. The fourth-order valence-corrected chi connectivity index (χ4v) is 1.77. The van der Waals surface area contributed by atoms with Crippen molar-refractivity contribution in [1.29, 1.82) is 0 Å². The molecule has 5 heteroatoms. The number of carbonyl (C=O) groups excluding carboxylic acids is 1. The van der Waals surface area contributed by atoms with Gasteiger partial charge in [-0.1, -0.05) is 6.07 Å². The summed E-state index contributed by atoms with van der Waals surface area (Å²) < 4.78 is 0. The zero-order valence-corrected chi connectivity index (χ0v) is 11.1. The van der Waals surface area contributed by atoms with Gasteiger partial charge in [-0.05, 0) is 37.1 Å². The fraction of sp³-hybridized carbons (Fsp3) is 0.267. The topological polar surface area (TPSA) is 75.1 Å². The SMILES string of the molecule is O=C(NCCCCO)c1ccnc(-c2ccccn2)c1. The summed E-state index contributed by atoms with van der Waals surface area (Å²) in [4.78, 5) is 20.4. The molecule has 0 aliphatic rings. The van der Waals surface area contributed by atoms with Crippen LogP contribution in [0.4, 0.5) is 0 Å². The van der Waals surface area contributed by atoms with Crippen LogP contribution in [0.2, 0.25) is 0 Å². The van der Waals surface area contributed by atoms with Crippen molar-refractivity contribution in [3.8, 4) is 11.4 Å². The van der Waals surface area contributed by atoms with Crippen LogP contribution in [0.5, 0.6) is 0 Å². The van der Waals surface area contributed by atoms with E-state index < -0.39 is 0 Å². The summed E-state index contributed by atoms with van der Waals surface area (Å²) in [6, 6.07) is 8.97. The summed E-state index contributed by atoms with van der Waals surface area (Å²) in [6.45, 7) is 0.704. The number of hydrogen-bond donors (Lipinski definition) is 2. The summed E-state index contributed by atoms with van der Waals surface area (Å²) in [7, 11) is 0. The monoisotopic (exact) mass is 271 g/mol. The summed E-state index contributed by atoms with van der Waals surface area (Å²) in [5.41, 5.74) is 1.97. The van der Waals surface area contributed by atoms with E-state index in [9.17, 15) is 4.79 Å². The Labute approximate surface area is 117 Å². The van der Waals surface area contributed by atoms with Gasteiger partial charge in [0.05, 0.1) is 11.4 Å². The lowest BCUT2D eigenvalue weighted by atomic mass is 10.1. The molecule has 2 N–H and O–H groups in total. The number of nitrogens with one attached hydrogen (secondary N) is 1. The Morgan fingerprint density at radius 2 is 1.95 bits per heavy atom. The van der Waals surface area contributed by atoms with Crippen molar-refractivity contribution in [2.75, 3.05) is 13.2 Å². The van der Waals surface area contributed by atoms with Crippen LogP contribution in [0.3, 0.4) is 0 Å². The second kappa shape index (κ2) is 7.35. The molecule has 0 saturated carbocycles. The standard InChI is InChI=1S/C15H17N3O2/c19-10-4-3-8-18-15(20)12-6-9-17-14(11-12)13-5-1-2-7-16-13/h1-2,5-7,9,11,19H,3-4,8,10H2,(H,18,20). The van der Waals surface area contributed by atoms with Gasteiger partial charge in [0.2, 0.25) is 0 Å². The van der Waals surface area contributed by atoms with E-state index in [1.54, 1.807) is 24.5 Å². The third kappa shape index (κ3) is 3.86. The molecule has 5 nitrogen and oxygen atoms in total. The van der Waals surface area contributed by atoms with Gasteiger partial charge in [-0.15, -0.1) is 0 Å². The van der Waals surface area contributed by atoms with E-state index in [0.29, 0.717) is 24.2 Å². The number of hydrogen-bond acceptors (Lipinski definition) is 4. The van der Waals surface area contributed by atoms with Crippen LogP contribution in [0.1, 0.15) is 23.2 Å². The number of amides is 1. The first kappa shape index (κ1) is 14.1. The number of nitrogens with zero attached hydrogens (tertiary/aromatic N) is 2. The zero-order valence-electron chi connectivity index (χ0n) is 11.1. The molecule has 0 fully saturated rings. The normalized spacial score (nSPS) is 10.2. The first-order valence-corrected chi connectivity index (χ1v) is 6.58. The maximum absolute atomic E-state index is 12.0. The van der Waals surface area contributed by atoms with Crippen molar-refractivity contribution in [2.45, 2.75) is 12.8 Å². The molecule has 2 aromatic rings. The molecule has 2 aromatic heterocycles. The largest absolute Gasteiger partial charge is 0.396 e. The highest BCUT2D eigenvalue weighted by atomic mass is 16.2. The minimum absolute atomic E-state index is 0.137. The highest BCUT2D eigenvalue weighted by Gasteiger charge is 2.07. The molecule has 2 rings (SSSR count). The van der Waals surface area contributed by atoms with Crippen LogP contribution < -0.4 is 5.32 Å². The van der Waals surface area contributed by atoms with E-state index in [1.807, 2.05) is 18.2 Å². The number of aliphatic hydroxyl groups excluding tert-OH is 1. The Bertz CT molecular complexity index is 558. The van der Waals surface area contributed by atoms with Crippen LogP contribution in [0.25, 0.3) is 11.4 Å². The predicted octanol–water partition coefficient (Wildman–Crippen LogP) is 1.65. The Hall–Kier alpha value is -2.27. The summed E-state index contributed by atoms with van der Waals surface area (Å²) in [6.07, 6.45) is 4.75. The molecular formula is C15H17N3O2. The summed E-state index contributed by atoms with van der Waals surface area (Å²) in [5, 5.41) is 11.5. The minimum atomic E-state index is -0.137. The van der Waals surface area contributed by atoms with Gasteiger partial charge in [-0.2, -0.15) is 0 Å². The highest BCUT2D eigenvalue weighted by Crippen LogP contribution is 2.14. The first-order chi connectivity index (χ1) is 9.81. The van der Waals surface area contributed by atoms with Gasteiger partial charge in [0.25, 0.3) is 5.91 Å². The fourth-order valence-electron chi connectivity index (χ4n) is 1.77. The lowest BCUT2D eigenvalue weighted by Gasteiger charge is -2.06. The molecule has 0 spiro atoms. The van der Waals surface area contributed by atoms with Gasteiger partial charge in [-0.3, -0.25) is 14.8 Å². The molecular weight excluding hydrogens is 254 g/mol. The summed E-state index contributed by atoms with van der Waals surface area (Å²) in [5.74, 6) is -0.137.